The van der Waals surface area contributed by atoms with E-state index in [2.05, 4.69) is 0 Å². The number of nitro benzene ring substituents is 1. The molecule has 104 valence electrons. The van der Waals surface area contributed by atoms with E-state index in [-0.39, 0.29) is 22.8 Å². The van der Waals surface area contributed by atoms with Crippen molar-refractivity contribution in [3.63, 3.8) is 0 Å². The number of rotatable bonds is 5. The van der Waals surface area contributed by atoms with Gasteiger partial charge in [0.05, 0.1) is 16.4 Å². The fourth-order valence-corrected chi connectivity index (χ4v) is 3.45. The maximum Gasteiger partial charge on any atom is 0.273 e. The summed E-state index contributed by atoms with van der Waals surface area (Å²) in [5, 5.41) is 10.9. The summed E-state index contributed by atoms with van der Waals surface area (Å²) in [4.78, 5) is 10.3. The Morgan fingerprint density at radius 3 is 2.15 bits per heavy atom. The standard InChI is InChI=1S/C14H13NO4S/c16-15(17)14-9-5-4-8-13(14)11-20(18,19)10-12-6-2-1-3-7-12/h1-9H,10-11H2. The SMILES string of the molecule is O=[N+]([O-])c1ccccc1CS(=O)(=O)Cc1ccccc1. The highest BCUT2D eigenvalue weighted by atomic mass is 32.2. The average molecular weight is 291 g/mol. The quantitative estimate of drug-likeness (QED) is 0.627. The van der Waals surface area contributed by atoms with Crippen molar-refractivity contribution >= 4 is 15.5 Å². The van der Waals surface area contributed by atoms with E-state index in [0.717, 1.165) is 0 Å². The number of nitrogens with zero attached hydrogens (tertiary/aromatic N) is 1. The van der Waals surface area contributed by atoms with E-state index < -0.39 is 14.8 Å². The van der Waals surface area contributed by atoms with Crippen molar-refractivity contribution in [2.75, 3.05) is 0 Å². The zero-order valence-corrected chi connectivity index (χ0v) is 11.4. The van der Waals surface area contributed by atoms with Gasteiger partial charge in [-0.2, -0.15) is 0 Å². The molecule has 0 saturated heterocycles. The number of hydrogen-bond acceptors (Lipinski definition) is 4. The Bertz CT molecular complexity index is 711. The van der Waals surface area contributed by atoms with Gasteiger partial charge in [-0.15, -0.1) is 0 Å². The van der Waals surface area contributed by atoms with Crippen LogP contribution in [0.25, 0.3) is 0 Å². The van der Waals surface area contributed by atoms with Crippen LogP contribution in [0.5, 0.6) is 0 Å². The van der Waals surface area contributed by atoms with E-state index in [4.69, 9.17) is 0 Å². The smallest absolute Gasteiger partial charge is 0.258 e. The van der Waals surface area contributed by atoms with E-state index in [0.29, 0.717) is 5.56 Å². The molecule has 0 bridgehead atoms. The summed E-state index contributed by atoms with van der Waals surface area (Å²) in [7, 11) is -3.45. The maximum absolute atomic E-state index is 12.1. The van der Waals surface area contributed by atoms with Gasteiger partial charge in [0.25, 0.3) is 5.69 Å². The zero-order valence-electron chi connectivity index (χ0n) is 10.6. The Morgan fingerprint density at radius 2 is 1.50 bits per heavy atom. The normalized spacial score (nSPS) is 11.2. The Labute approximate surface area is 116 Å². The van der Waals surface area contributed by atoms with Crippen molar-refractivity contribution in [3.05, 3.63) is 75.8 Å². The monoisotopic (exact) mass is 291 g/mol. The van der Waals surface area contributed by atoms with Crippen LogP contribution in [0.1, 0.15) is 11.1 Å². The minimum atomic E-state index is -3.45. The van der Waals surface area contributed by atoms with Gasteiger partial charge in [0, 0.05) is 11.6 Å². The Balaban J connectivity index is 2.23. The second kappa shape index (κ2) is 5.83. The van der Waals surface area contributed by atoms with Crippen molar-refractivity contribution < 1.29 is 13.3 Å². The van der Waals surface area contributed by atoms with E-state index >= 15 is 0 Å². The molecule has 0 fully saturated rings. The summed E-state index contributed by atoms with van der Waals surface area (Å²) in [6.07, 6.45) is 0. The third kappa shape index (κ3) is 3.64. The van der Waals surface area contributed by atoms with Gasteiger partial charge in [-0.25, -0.2) is 8.42 Å². The lowest BCUT2D eigenvalue weighted by Gasteiger charge is -2.05. The van der Waals surface area contributed by atoms with E-state index in [1.54, 1.807) is 36.4 Å². The van der Waals surface area contributed by atoms with Gasteiger partial charge in [0.2, 0.25) is 0 Å². The van der Waals surface area contributed by atoms with Crippen LogP contribution in [-0.4, -0.2) is 13.3 Å². The molecule has 0 saturated carbocycles. The number of hydrogen-bond donors (Lipinski definition) is 0. The number of para-hydroxylation sites is 1. The summed E-state index contributed by atoms with van der Waals surface area (Å²) < 4.78 is 24.2. The van der Waals surface area contributed by atoms with Gasteiger partial charge < -0.3 is 0 Å². The lowest BCUT2D eigenvalue weighted by molar-refractivity contribution is -0.385. The molecule has 0 aromatic heterocycles. The van der Waals surface area contributed by atoms with Crippen LogP contribution >= 0.6 is 0 Å². The Hall–Kier alpha value is -2.21. The van der Waals surface area contributed by atoms with Crippen LogP contribution in [0, 0.1) is 10.1 Å². The third-order valence-electron chi connectivity index (χ3n) is 2.79. The first-order valence-corrected chi connectivity index (χ1v) is 7.77. The number of benzene rings is 2. The molecule has 2 aromatic rings. The Morgan fingerprint density at radius 1 is 0.900 bits per heavy atom. The predicted octanol–water partition coefficient (Wildman–Crippen LogP) is 2.71. The van der Waals surface area contributed by atoms with E-state index in [1.165, 1.54) is 18.2 Å². The number of nitro groups is 1. The highest BCUT2D eigenvalue weighted by molar-refractivity contribution is 7.89. The zero-order chi connectivity index (χ0) is 14.6. The molecule has 2 aromatic carbocycles. The molecule has 0 atom stereocenters. The average Bonchev–Trinajstić information content (AvgIpc) is 2.39. The molecule has 5 nitrogen and oxygen atoms in total. The lowest BCUT2D eigenvalue weighted by Crippen LogP contribution is -2.09. The van der Waals surface area contributed by atoms with Crippen LogP contribution in [0.2, 0.25) is 0 Å². The minimum Gasteiger partial charge on any atom is -0.258 e. The first kappa shape index (κ1) is 14.2. The molecule has 0 aliphatic rings. The Kier molecular flexibility index (Phi) is 4.14. The first-order chi connectivity index (χ1) is 9.48. The van der Waals surface area contributed by atoms with Gasteiger partial charge in [-0.1, -0.05) is 48.5 Å². The first-order valence-electron chi connectivity index (χ1n) is 5.94. The second-order valence-corrected chi connectivity index (χ2v) is 6.47. The van der Waals surface area contributed by atoms with E-state index in [1.807, 2.05) is 0 Å². The van der Waals surface area contributed by atoms with Gasteiger partial charge in [-0.05, 0) is 5.56 Å². The molecule has 0 N–H and O–H groups in total. The third-order valence-corrected chi connectivity index (χ3v) is 4.32. The van der Waals surface area contributed by atoms with Crippen LogP contribution in [0.4, 0.5) is 5.69 Å². The van der Waals surface area contributed by atoms with E-state index in [9.17, 15) is 18.5 Å². The molecule has 0 aliphatic heterocycles. The second-order valence-electron chi connectivity index (χ2n) is 4.40. The number of sulfone groups is 1. The molecule has 6 heteroatoms. The summed E-state index contributed by atoms with van der Waals surface area (Å²) in [6, 6.07) is 14.7. The van der Waals surface area contributed by atoms with Gasteiger partial charge in [-0.3, -0.25) is 10.1 Å². The highest BCUT2D eigenvalue weighted by Crippen LogP contribution is 2.21. The van der Waals surface area contributed by atoms with Crippen molar-refractivity contribution in [1.29, 1.82) is 0 Å². The van der Waals surface area contributed by atoms with Crippen LogP contribution in [0.15, 0.2) is 54.6 Å². The summed E-state index contributed by atoms with van der Waals surface area (Å²) in [6.45, 7) is 0. The molecule has 0 spiro atoms. The molecule has 0 unspecified atom stereocenters. The largest absolute Gasteiger partial charge is 0.273 e. The molecule has 0 radical (unpaired) electrons. The summed E-state index contributed by atoms with van der Waals surface area (Å²) >= 11 is 0. The highest BCUT2D eigenvalue weighted by Gasteiger charge is 2.20. The predicted molar refractivity (Wildman–Crippen MR) is 75.9 cm³/mol. The summed E-state index contributed by atoms with van der Waals surface area (Å²) in [5.41, 5.74) is 0.726. The minimum absolute atomic E-state index is 0.125. The van der Waals surface area contributed by atoms with Crippen molar-refractivity contribution in [1.82, 2.24) is 0 Å². The van der Waals surface area contributed by atoms with Crippen molar-refractivity contribution in [2.24, 2.45) is 0 Å². The molecular weight excluding hydrogens is 278 g/mol. The van der Waals surface area contributed by atoms with Crippen LogP contribution < -0.4 is 0 Å². The molecule has 0 heterocycles. The molecule has 20 heavy (non-hydrogen) atoms. The molecule has 2 rings (SSSR count). The van der Waals surface area contributed by atoms with Gasteiger partial charge >= 0.3 is 0 Å². The molecule has 0 aliphatic carbocycles. The van der Waals surface area contributed by atoms with Crippen molar-refractivity contribution in [2.45, 2.75) is 11.5 Å². The lowest BCUT2D eigenvalue weighted by atomic mass is 10.2. The van der Waals surface area contributed by atoms with Crippen LogP contribution in [0.3, 0.4) is 0 Å². The fraction of sp³-hybridized carbons (Fsp3) is 0.143. The van der Waals surface area contributed by atoms with Gasteiger partial charge in [0.15, 0.2) is 9.84 Å². The fourth-order valence-electron chi connectivity index (χ4n) is 1.93. The van der Waals surface area contributed by atoms with Crippen LogP contribution in [-0.2, 0) is 21.3 Å². The maximum atomic E-state index is 12.1. The topological polar surface area (TPSA) is 77.3 Å². The van der Waals surface area contributed by atoms with Gasteiger partial charge in [0.1, 0.15) is 0 Å². The summed E-state index contributed by atoms with van der Waals surface area (Å²) in [5.74, 6) is -0.459. The van der Waals surface area contributed by atoms with Crippen molar-refractivity contribution in [3.8, 4) is 0 Å². The molecule has 0 amide bonds. The molecular formula is C14H13NO4S.